The van der Waals surface area contributed by atoms with E-state index in [1.807, 2.05) is 0 Å². The van der Waals surface area contributed by atoms with E-state index in [1.165, 1.54) is 30.2 Å². The highest BCUT2D eigenvalue weighted by molar-refractivity contribution is 7.93. The molecule has 0 atom stereocenters. The number of aromatic nitrogens is 2. The third-order valence-electron chi connectivity index (χ3n) is 2.88. The molecule has 118 valence electrons. The lowest BCUT2D eigenvalue weighted by atomic mass is 10.2. The number of sulfonamides is 1. The molecular weight excluding hydrogens is 342 g/mol. The van der Waals surface area contributed by atoms with E-state index in [9.17, 15) is 13.2 Å². The summed E-state index contributed by atoms with van der Waals surface area (Å²) in [6, 6.07) is 5.92. The van der Waals surface area contributed by atoms with Crippen molar-refractivity contribution in [3.05, 3.63) is 48.1 Å². The first-order valence-corrected chi connectivity index (χ1v) is 8.52. The van der Waals surface area contributed by atoms with Gasteiger partial charge in [0.1, 0.15) is 5.00 Å². The second-order valence-corrected chi connectivity index (χ2v) is 6.87. The molecule has 0 fully saturated rings. The van der Waals surface area contributed by atoms with Crippen molar-refractivity contribution in [2.45, 2.75) is 4.90 Å². The zero-order valence-electron chi connectivity index (χ0n) is 11.3. The fourth-order valence-corrected chi connectivity index (χ4v) is 3.80. The van der Waals surface area contributed by atoms with Crippen LogP contribution in [0.5, 0.6) is 0 Å². The van der Waals surface area contributed by atoms with Crippen molar-refractivity contribution >= 4 is 32.3 Å². The number of carboxylic acid groups (broad SMARTS) is 1. The van der Waals surface area contributed by atoms with E-state index in [-0.39, 0.29) is 15.6 Å². The molecule has 0 radical (unpaired) electrons. The van der Waals surface area contributed by atoms with Crippen LogP contribution >= 0.6 is 11.3 Å². The van der Waals surface area contributed by atoms with Gasteiger partial charge in [-0.3, -0.25) is 4.72 Å². The van der Waals surface area contributed by atoms with Crippen LogP contribution in [-0.4, -0.2) is 29.5 Å². The Balaban J connectivity index is 1.88. The van der Waals surface area contributed by atoms with Crippen LogP contribution in [0.4, 0.5) is 5.00 Å². The van der Waals surface area contributed by atoms with Crippen LogP contribution in [0, 0.1) is 0 Å². The summed E-state index contributed by atoms with van der Waals surface area (Å²) in [5, 5.41) is 8.91. The Morgan fingerprint density at radius 2 is 2.00 bits per heavy atom. The molecule has 10 heteroatoms. The van der Waals surface area contributed by atoms with E-state index in [2.05, 4.69) is 14.7 Å². The number of hydrogen-bond acceptors (Lipinski definition) is 7. The molecule has 2 heterocycles. The predicted octanol–water partition coefficient (Wildman–Crippen LogP) is 2.30. The molecular formula is C13H9N3O5S2. The molecule has 23 heavy (non-hydrogen) atoms. The second-order valence-electron chi connectivity index (χ2n) is 4.33. The molecule has 0 saturated carbocycles. The maximum Gasteiger partial charge on any atom is 0.357 e. The molecule has 1 aromatic carbocycles. The molecule has 3 aromatic rings. The van der Waals surface area contributed by atoms with Crippen LogP contribution in [-0.2, 0) is 10.0 Å². The first-order valence-electron chi connectivity index (χ1n) is 6.16. The van der Waals surface area contributed by atoms with E-state index in [0.29, 0.717) is 11.3 Å². The number of thiazole rings is 1. The molecule has 0 aliphatic heterocycles. The number of nitrogens with one attached hydrogen (secondary N) is 1. The summed E-state index contributed by atoms with van der Waals surface area (Å²) >= 11 is 0.895. The van der Waals surface area contributed by atoms with Gasteiger partial charge in [-0.2, -0.15) is 0 Å². The van der Waals surface area contributed by atoms with Gasteiger partial charge in [-0.15, -0.1) is 11.3 Å². The summed E-state index contributed by atoms with van der Waals surface area (Å²) in [6.07, 6.45) is 2.79. The lowest BCUT2D eigenvalue weighted by Crippen LogP contribution is -2.14. The SMILES string of the molecule is O=C(O)c1ncsc1NS(=O)(=O)c1ccc(-c2cnco2)cc1. The summed E-state index contributed by atoms with van der Waals surface area (Å²) < 4.78 is 32.0. The number of hydrogen-bond donors (Lipinski definition) is 2. The normalized spacial score (nSPS) is 11.3. The minimum absolute atomic E-state index is 0.00879. The Kier molecular flexibility index (Phi) is 3.84. The highest BCUT2D eigenvalue weighted by atomic mass is 32.2. The second kappa shape index (κ2) is 5.82. The van der Waals surface area contributed by atoms with E-state index in [4.69, 9.17) is 9.52 Å². The summed E-state index contributed by atoms with van der Waals surface area (Å²) in [5.74, 6) is -0.790. The van der Waals surface area contributed by atoms with E-state index in [0.717, 1.165) is 11.3 Å². The van der Waals surface area contributed by atoms with Crippen molar-refractivity contribution < 1.29 is 22.7 Å². The Labute approximate surface area is 134 Å². The number of oxazole rings is 1. The smallest absolute Gasteiger partial charge is 0.357 e. The Morgan fingerprint density at radius 3 is 2.61 bits per heavy atom. The third kappa shape index (κ3) is 3.07. The molecule has 0 aliphatic carbocycles. The largest absolute Gasteiger partial charge is 0.476 e. The van der Waals surface area contributed by atoms with Gasteiger partial charge < -0.3 is 9.52 Å². The maximum absolute atomic E-state index is 12.3. The van der Waals surface area contributed by atoms with Gasteiger partial charge in [0.2, 0.25) is 0 Å². The lowest BCUT2D eigenvalue weighted by molar-refractivity contribution is 0.0692. The minimum atomic E-state index is -3.91. The highest BCUT2D eigenvalue weighted by Gasteiger charge is 2.21. The Morgan fingerprint density at radius 1 is 1.26 bits per heavy atom. The number of carbonyl (C=O) groups is 1. The molecule has 0 bridgehead atoms. The average Bonchev–Trinajstić information content (AvgIpc) is 3.18. The Bertz CT molecular complexity index is 930. The van der Waals surface area contributed by atoms with E-state index < -0.39 is 16.0 Å². The first kappa shape index (κ1) is 15.2. The lowest BCUT2D eigenvalue weighted by Gasteiger charge is -2.07. The van der Waals surface area contributed by atoms with Gasteiger partial charge in [-0.25, -0.2) is 23.2 Å². The van der Waals surface area contributed by atoms with Crippen LogP contribution in [0.15, 0.2) is 51.7 Å². The van der Waals surface area contributed by atoms with E-state index in [1.54, 1.807) is 12.1 Å². The van der Waals surface area contributed by atoms with Crippen LogP contribution in [0.25, 0.3) is 11.3 Å². The molecule has 8 nitrogen and oxygen atoms in total. The van der Waals surface area contributed by atoms with Crippen LogP contribution in [0.2, 0.25) is 0 Å². The fourth-order valence-electron chi connectivity index (χ4n) is 1.81. The minimum Gasteiger partial charge on any atom is -0.476 e. The highest BCUT2D eigenvalue weighted by Crippen LogP contribution is 2.25. The van der Waals surface area contributed by atoms with Gasteiger partial charge in [-0.05, 0) is 24.3 Å². The van der Waals surface area contributed by atoms with Gasteiger partial charge in [-0.1, -0.05) is 0 Å². The number of aromatic carboxylic acids is 1. The fraction of sp³-hybridized carbons (Fsp3) is 0. The number of anilines is 1. The van der Waals surface area contributed by atoms with Gasteiger partial charge >= 0.3 is 5.97 Å². The molecule has 0 aliphatic rings. The summed E-state index contributed by atoms with van der Waals surface area (Å²) in [5.41, 5.74) is 1.59. The number of carboxylic acids is 1. The zero-order valence-corrected chi connectivity index (χ0v) is 13.0. The molecule has 2 N–H and O–H groups in total. The number of benzene rings is 1. The van der Waals surface area contributed by atoms with Crippen molar-refractivity contribution in [3.8, 4) is 11.3 Å². The van der Waals surface area contributed by atoms with Crippen molar-refractivity contribution in [2.75, 3.05) is 4.72 Å². The summed E-state index contributed by atoms with van der Waals surface area (Å²) in [7, 11) is -3.91. The molecule has 0 saturated heterocycles. The summed E-state index contributed by atoms with van der Waals surface area (Å²) in [4.78, 5) is 18.4. The standard InChI is InChI=1S/C13H9N3O5S2/c17-13(18)11-12(22-7-15-11)16-23(19,20)9-3-1-8(2-4-9)10-5-14-6-21-10/h1-7,16H,(H,17,18). The van der Waals surface area contributed by atoms with Crippen molar-refractivity contribution in [1.82, 2.24) is 9.97 Å². The van der Waals surface area contributed by atoms with Gasteiger partial charge in [0.05, 0.1) is 16.6 Å². The quantitative estimate of drug-likeness (QED) is 0.723. The molecule has 0 spiro atoms. The average molecular weight is 351 g/mol. The van der Waals surface area contributed by atoms with Crippen molar-refractivity contribution in [2.24, 2.45) is 0 Å². The van der Waals surface area contributed by atoms with Gasteiger partial charge in [0.25, 0.3) is 10.0 Å². The third-order valence-corrected chi connectivity index (χ3v) is 5.12. The number of nitrogens with zero attached hydrogens (tertiary/aromatic N) is 2. The van der Waals surface area contributed by atoms with Crippen molar-refractivity contribution in [1.29, 1.82) is 0 Å². The van der Waals surface area contributed by atoms with Crippen molar-refractivity contribution in [3.63, 3.8) is 0 Å². The maximum atomic E-state index is 12.3. The van der Waals surface area contributed by atoms with Crippen LogP contribution in [0.3, 0.4) is 0 Å². The topological polar surface area (TPSA) is 122 Å². The van der Waals surface area contributed by atoms with Gasteiger partial charge in [0.15, 0.2) is 17.8 Å². The van der Waals surface area contributed by atoms with Crippen LogP contribution in [0.1, 0.15) is 10.5 Å². The predicted molar refractivity (Wildman–Crippen MR) is 81.8 cm³/mol. The van der Waals surface area contributed by atoms with Crippen LogP contribution < -0.4 is 4.72 Å². The zero-order chi connectivity index (χ0) is 16.4. The molecule has 2 aromatic heterocycles. The Hall–Kier alpha value is -2.72. The number of rotatable bonds is 5. The first-order chi connectivity index (χ1) is 11.0. The monoisotopic (exact) mass is 351 g/mol. The van der Waals surface area contributed by atoms with E-state index >= 15 is 0 Å². The van der Waals surface area contributed by atoms with Gasteiger partial charge in [0, 0.05) is 5.56 Å². The summed E-state index contributed by atoms with van der Waals surface area (Å²) in [6.45, 7) is 0. The molecule has 0 amide bonds. The molecule has 3 rings (SSSR count). The molecule has 0 unspecified atom stereocenters.